The predicted octanol–water partition coefficient (Wildman–Crippen LogP) is 5.59. The van der Waals surface area contributed by atoms with Crippen molar-refractivity contribution in [2.45, 2.75) is 32.2 Å². The number of nitrogens with zero attached hydrogens (tertiary/aromatic N) is 1. The number of alkyl halides is 3. The molecule has 0 saturated carbocycles. The molecule has 0 aliphatic carbocycles. The lowest BCUT2D eigenvalue weighted by atomic mass is 9.98. The minimum atomic E-state index is -4.96. The van der Waals surface area contributed by atoms with Gasteiger partial charge in [0.15, 0.2) is 6.10 Å². The van der Waals surface area contributed by atoms with E-state index in [9.17, 15) is 31.9 Å². The second kappa shape index (κ2) is 10.3. The average Bonchev–Trinajstić information content (AvgIpc) is 2.75. The Hall–Kier alpha value is -3.33. The summed E-state index contributed by atoms with van der Waals surface area (Å²) >= 11 is 0. The van der Waals surface area contributed by atoms with E-state index in [-0.39, 0.29) is 16.8 Å². The number of rotatable bonds is 7. The molecule has 2 N–H and O–H groups in total. The van der Waals surface area contributed by atoms with E-state index < -0.39 is 41.4 Å². The number of carbonyl (C=O) groups is 1. The molecule has 1 unspecified atom stereocenters. The molecule has 1 aromatic heterocycles. The summed E-state index contributed by atoms with van der Waals surface area (Å²) in [6, 6.07) is 4.97. The van der Waals surface area contributed by atoms with E-state index in [0.717, 1.165) is 36.5 Å². The second-order valence-electron chi connectivity index (χ2n) is 7.01. The molecule has 1 heterocycles. The normalized spacial score (nSPS) is 14.6. The van der Waals surface area contributed by atoms with E-state index in [0.29, 0.717) is 5.57 Å². The summed E-state index contributed by atoms with van der Waals surface area (Å²) in [5.41, 5.74) is 0.0431. The van der Waals surface area contributed by atoms with Gasteiger partial charge in [0.05, 0.1) is 11.9 Å². The molecule has 170 valence electrons. The van der Waals surface area contributed by atoms with Crippen molar-refractivity contribution in [3.63, 3.8) is 0 Å². The SMILES string of the molecule is C=C/C(F)=C\C=C(/C)[C@@H](C)NC(=O)c1cc(-c2ccc(F)cn2)cc(C(O)C(F)(F)F)c1. The molecule has 2 rings (SSSR count). The Morgan fingerprint density at radius 1 is 1.22 bits per heavy atom. The van der Waals surface area contributed by atoms with Crippen LogP contribution >= 0.6 is 0 Å². The first-order valence-electron chi connectivity index (χ1n) is 9.41. The van der Waals surface area contributed by atoms with Crippen molar-refractivity contribution in [1.82, 2.24) is 10.3 Å². The van der Waals surface area contributed by atoms with Gasteiger partial charge in [-0.25, -0.2) is 8.78 Å². The lowest BCUT2D eigenvalue weighted by Crippen LogP contribution is -2.33. The van der Waals surface area contributed by atoms with Crippen molar-refractivity contribution < 1.29 is 31.9 Å². The van der Waals surface area contributed by atoms with Gasteiger partial charge in [-0.05, 0) is 61.9 Å². The summed E-state index contributed by atoms with van der Waals surface area (Å²) < 4.78 is 65.6. The number of amides is 1. The van der Waals surface area contributed by atoms with E-state index in [1.165, 1.54) is 18.2 Å². The smallest absolute Gasteiger partial charge is 0.379 e. The van der Waals surface area contributed by atoms with Crippen molar-refractivity contribution in [1.29, 1.82) is 0 Å². The lowest BCUT2D eigenvalue weighted by molar-refractivity contribution is -0.206. The van der Waals surface area contributed by atoms with Crippen LogP contribution in [0.5, 0.6) is 0 Å². The Morgan fingerprint density at radius 2 is 1.91 bits per heavy atom. The van der Waals surface area contributed by atoms with Gasteiger partial charge in [0.1, 0.15) is 11.6 Å². The second-order valence-corrected chi connectivity index (χ2v) is 7.01. The van der Waals surface area contributed by atoms with E-state index in [1.54, 1.807) is 13.8 Å². The van der Waals surface area contributed by atoms with Gasteiger partial charge in [-0.2, -0.15) is 13.2 Å². The van der Waals surface area contributed by atoms with Gasteiger partial charge >= 0.3 is 6.18 Å². The maximum absolute atomic E-state index is 13.2. The zero-order valence-corrected chi connectivity index (χ0v) is 17.3. The standard InChI is InChI=1S/C23H21F5N2O2/c1-4-18(24)6-5-13(2)14(3)30-22(32)17-10-15(20-8-7-19(25)12-29-20)9-16(11-17)21(31)23(26,27)28/h4-12,14,21,31H,1H2,2-3H3,(H,30,32)/b13-5+,18-6+/t14-,21?/m1/s1. The van der Waals surface area contributed by atoms with Gasteiger partial charge in [0, 0.05) is 17.2 Å². The summed E-state index contributed by atoms with van der Waals surface area (Å²) in [5.74, 6) is -1.94. The van der Waals surface area contributed by atoms with E-state index in [1.807, 2.05) is 0 Å². The van der Waals surface area contributed by atoms with Crippen LogP contribution in [-0.4, -0.2) is 28.2 Å². The first-order valence-corrected chi connectivity index (χ1v) is 9.41. The minimum Gasteiger partial charge on any atom is -0.379 e. The number of aromatic nitrogens is 1. The van der Waals surface area contributed by atoms with E-state index >= 15 is 0 Å². The topological polar surface area (TPSA) is 62.2 Å². The van der Waals surface area contributed by atoms with Gasteiger partial charge in [-0.15, -0.1) is 0 Å². The summed E-state index contributed by atoms with van der Waals surface area (Å²) in [6.07, 6.45) is -3.32. The Kier molecular flexibility index (Phi) is 8.04. The number of halogens is 5. The maximum Gasteiger partial charge on any atom is 0.418 e. The molecule has 1 amide bonds. The predicted molar refractivity (Wildman–Crippen MR) is 111 cm³/mol. The first kappa shape index (κ1) is 24.9. The van der Waals surface area contributed by atoms with Crippen molar-refractivity contribution in [2.75, 3.05) is 0 Å². The molecule has 0 spiro atoms. The molecular formula is C23H21F5N2O2. The number of hydrogen-bond donors (Lipinski definition) is 2. The molecule has 0 aliphatic rings. The molecule has 0 radical (unpaired) electrons. The molecule has 0 bridgehead atoms. The van der Waals surface area contributed by atoms with Gasteiger partial charge in [-0.1, -0.05) is 18.2 Å². The minimum absolute atomic E-state index is 0.0897. The Balaban J connectivity index is 2.42. The van der Waals surface area contributed by atoms with Gasteiger partial charge in [-0.3, -0.25) is 9.78 Å². The van der Waals surface area contributed by atoms with Crippen LogP contribution in [0.1, 0.15) is 35.9 Å². The Bertz CT molecular complexity index is 1040. The van der Waals surface area contributed by atoms with Crippen LogP contribution in [-0.2, 0) is 0 Å². The quantitative estimate of drug-likeness (QED) is 0.426. The number of allylic oxidation sites excluding steroid dienone is 4. The molecule has 9 heteroatoms. The largest absolute Gasteiger partial charge is 0.418 e. The highest BCUT2D eigenvalue weighted by atomic mass is 19.4. The van der Waals surface area contributed by atoms with E-state index in [2.05, 4.69) is 16.9 Å². The van der Waals surface area contributed by atoms with Crippen LogP contribution in [0.25, 0.3) is 11.3 Å². The molecule has 0 fully saturated rings. The highest BCUT2D eigenvalue weighted by Crippen LogP contribution is 2.34. The number of nitrogens with one attached hydrogen (secondary N) is 1. The number of aliphatic hydroxyl groups excluding tert-OH is 1. The highest BCUT2D eigenvalue weighted by Gasteiger charge is 2.39. The fraction of sp³-hybridized carbons (Fsp3) is 0.217. The number of pyridine rings is 1. The number of aliphatic hydroxyl groups is 1. The van der Waals surface area contributed by atoms with Crippen molar-refractivity contribution in [3.8, 4) is 11.3 Å². The van der Waals surface area contributed by atoms with Crippen molar-refractivity contribution in [3.05, 3.63) is 89.7 Å². The molecular weight excluding hydrogens is 431 g/mol. The van der Waals surface area contributed by atoms with Gasteiger partial charge < -0.3 is 10.4 Å². The third kappa shape index (κ3) is 6.58. The summed E-state index contributed by atoms with van der Waals surface area (Å²) in [4.78, 5) is 16.5. The molecule has 0 saturated heterocycles. The first-order chi connectivity index (χ1) is 14.9. The van der Waals surface area contributed by atoms with Crippen LogP contribution in [0.2, 0.25) is 0 Å². The lowest BCUT2D eigenvalue weighted by Gasteiger charge is -2.19. The zero-order valence-electron chi connectivity index (χ0n) is 17.3. The van der Waals surface area contributed by atoms with Crippen LogP contribution in [0.4, 0.5) is 22.0 Å². The highest BCUT2D eigenvalue weighted by molar-refractivity contribution is 5.96. The van der Waals surface area contributed by atoms with Crippen LogP contribution in [0.3, 0.4) is 0 Å². The summed E-state index contributed by atoms with van der Waals surface area (Å²) in [7, 11) is 0. The molecule has 2 aromatic rings. The number of benzene rings is 1. The third-order valence-corrected chi connectivity index (χ3v) is 4.60. The Labute approximate surface area is 181 Å². The molecule has 32 heavy (non-hydrogen) atoms. The fourth-order valence-electron chi connectivity index (χ4n) is 2.64. The van der Waals surface area contributed by atoms with Crippen LogP contribution in [0.15, 0.2) is 72.7 Å². The summed E-state index contributed by atoms with van der Waals surface area (Å²) in [5, 5.41) is 12.3. The molecule has 1 aromatic carbocycles. The zero-order chi connectivity index (χ0) is 24.1. The van der Waals surface area contributed by atoms with E-state index in [4.69, 9.17) is 0 Å². The average molecular weight is 452 g/mol. The monoisotopic (exact) mass is 452 g/mol. The Morgan fingerprint density at radius 3 is 2.47 bits per heavy atom. The van der Waals surface area contributed by atoms with Crippen LogP contribution in [0, 0.1) is 5.82 Å². The van der Waals surface area contributed by atoms with Crippen molar-refractivity contribution in [2.24, 2.45) is 0 Å². The van der Waals surface area contributed by atoms with Gasteiger partial charge in [0.2, 0.25) is 0 Å². The summed E-state index contributed by atoms with van der Waals surface area (Å²) in [6.45, 7) is 6.53. The van der Waals surface area contributed by atoms with Crippen molar-refractivity contribution >= 4 is 5.91 Å². The maximum atomic E-state index is 13.2. The molecule has 4 nitrogen and oxygen atoms in total. The fourth-order valence-corrected chi connectivity index (χ4v) is 2.64. The van der Waals surface area contributed by atoms with Crippen LogP contribution < -0.4 is 5.32 Å². The number of hydrogen-bond acceptors (Lipinski definition) is 3. The molecule has 2 atom stereocenters. The number of carbonyl (C=O) groups excluding carboxylic acids is 1. The third-order valence-electron chi connectivity index (χ3n) is 4.60. The van der Waals surface area contributed by atoms with Gasteiger partial charge in [0.25, 0.3) is 5.91 Å². The molecule has 0 aliphatic heterocycles.